The summed E-state index contributed by atoms with van der Waals surface area (Å²) >= 11 is 1.16. The van der Waals surface area contributed by atoms with Crippen molar-refractivity contribution in [2.24, 2.45) is 16.6 Å². The first-order chi connectivity index (χ1) is 18.1. The Morgan fingerprint density at radius 3 is 2.82 bits per heavy atom. The van der Waals surface area contributed by atoms with Crippen LogP contribution >= 0.6 is 11.8 Å². The average molecular weight is 538 g/mol. The van der Waals surface area contributed by atoms with Gasteiger partial charge in [0.05, 0.1) is 24.9 Å². The summed E-state index contributed by atoms with van der Waals surface area (Å²) in [5, 5.41) is 0.152. The molecule has 5 rings (SSSR count). The van der Waals surface area contributed by atoms with Gasteiger partial charge in [-0.1, -0.05) is 23.9 Å². The van der Waals surface area contributed by atoms with E-state index in [1.807, 2.05) is 0 Å². The molecule has 3 heterocycles. The van der Waals surface area contributed by atoms with Crippen LogP contribution < -0.4 is 5.73 Å². The van der Waals surface area contributed by atoms with Crippen molar-refractivity contribution in [3.8, 4) is 0 Å². The number of aliphatic imine (C=N–C) groups is 1. The average Bonchev–Trinajstić information content (AvgIpc) is 3.47. The Hall–Kier alpha value is -3.78. The number of rotatable bonds is 5. The fraction of sp³-hybridized carbons (Fsp3) is 0.370. The van der Waals surface area contributed by atoms with Crippen LogP contribution in [0.5, 0.6) is 0 Å². The van der Waals surface area contributed by atoms with Gasteiger partial charge in [-0.2, -0.15) is 0 Å². The minimum absolute atomic E-state index is 0.0448. The van der Waals surface area contributed by atoms with Gasteiger partial charge in [-0.05, 0) is 56.0 Å². The lowest BCUT2D eigenvalue weighted by atomic mass is 9.84. The summed E-state index contributed by atoms with van der Waals surface area (Å²) in [6.07, 6.45) is 4.12. The lowest BCUT2D eigenvalue weighted by Crippen LogP contribution is -2.49. The fourth-order valence-corrected chi connectivity index (χ4v) is 6.96. The Labute approximate surface area is 222 Å². The molecule has 2 aromatic rings. The zero-order chi connectivity index (χ0) is 27.2. The smallest absolute Gasteiger partial charge is 0.328 e. The molecular weight excluding hydrogens is 512 g/mol. The van der Waals surface area contributed by atoms with Crippen LogP contribution in [0.25, 0.3) is 16.7 Å². The quantitative estimate of drug-likeness (QED) is 0.447. The summed E-state index contributed by atoms with van der Waals surface area (Å²) < 4.78 is 34.1. The standard InChI is InChI=1S/C27H25F2N5O3S/c1-26(17-11-15(6-8-18(17)28)12-19(29)20-9-7-16(31-2)14-32-20)22-13-27(22,38-25(30)33-26)24(36)34-10-4-5-21(34)23(35)37-3/h6-9,11-12,14,21-22H,4-5,10,13H2,1,3H3,(H2,30,33)/b19-12-/t21-,22+,26-,27+/m1/s1. The molecule has 1 aromatic carbocycles. The van der Waals surface area contributed by atoms with Crippen molar-refractivity contribution in [3.63, 3.8) is 0 Å². The number of esters is 1. The van der Waals surface area contributed by atoms with Crippen LogP contribution in [0.2, 0.25) is 0 Å². The molecule has 2 fully saturated rings. The maximum Gasteiger partial charge on any atom is 0.328 e. The number of methoxy groups -OCH3 is 1. The number of halogens is 2. The molecule has 38 heavy (non-hydrogen) atoms. The summed E-state index contributed by atoms with van der Waals surface area (Å²) in [5.74, 6) is -2.25. The van der Waals surface area contributed by atoms with Gasteiger partial charge in [-0.3, -0.25) is 14.8 Å². The maximum absolute atomic E-state index is 15.3. The number of aromatic nitrogens is 1. The number of fused-ring (bicyclic) bond motifs is 1. The third-order valence-corrected chi connectivity index (χ3v) is 8.81. The Morgan fingerprint density at radius 2 is 2.13 bits per heavy atom. The number of thioether (sulfide) groups is 1. The number of carbonyl (C=O) groups is 2. The molecule has 1 amide bonds. The van der Waals surface area contributed by atoms with Gasteiger partial charge in [0, 0.05) is 24.2 Å². The Bertz CT molecular complexity index is 1420. The van der Waals surface area contributed by atoms with E-state index in [1.54, 1.807) is 11.8 Å². The monoisotopic (exact) mass is 537 g/mol. The van der Waals surface area contributed by atoms with Crippen molar-refractivity contribution < 1.29 is 23.1 Å². The molecule has 1 aliphatic carbocycles. The highest BCUT2D eigenvalue weighted by Gasteiger charge is 2.72. The van der Waals surface area contributed by atoms with E-state index in [4.69, 9.17) is 17.0 Å². The van der Waals surface area contributed by atoms with Gasteiger partial charge in [0.2, 0.25) is 11.6 Å². The third kappa shape index (κ3) is 4.22. The largest absolute Gasteiger partial charge is 0.467 e. The molecule has 0 bridgehead atoms. The van der Waals surface area contributed by atoms with Gasteiger partial charge < -0.3 is 15.4 Å². The minimum atomic E-state index is -1.18. The van der Waals surface area contributed by atoms with Gasteiger partial charge in [-0.15, -0.1) is 0 Å². The highest BCUT2D eigenvalue weighted by molar-refractivity contribution is 8.15. The van der Waals surface area contributed by atoms with E-state index in [2.05, 4.69) is 14.8 Å². The number of hydrogen-bond donors (Lipinski definition) is 1. The predicted octanol–water partition coefficient (Wildman–Crippen LogP) is 4.44. The van der Waals surface area contributed by atoms with Crippen LogP contribution in [0.1, 0.15) is 43.0 Å². The zero-order valence-corrected chi connectivity index (χ0v) is 21.6. The number of carbonyl (C=O) groups excluding carboxylic acids is 2. The molecule has 3 aliphatic rings. The van der Waals surface area contributed by atoms with Gasteiger partial charge in [0.1, 0.15) is 22.4 Å². The maximum atomic E-state index is 15.3. The summed E-state index contributed by atoms with van der Waals surface area (Å²) in [4.78, 5) is 39.4. The molecule has 0 radical (unpaired) electrons. The molecule has 196 valence electrons. The lowest BCUT2D eigenvalue weighted by Gasteiger charge is -2.36. The second-order valence-corrected chi connectivity index (χ2v) is 11.1. The summed E-state index contributed by atoms with van der Waals surface area (Å²) in [6.45, 7) is 9.16. The van der Waals surface area contributed by atoms with Crippen molar-refractivity contribution in [3.05, 3.63) is 70.6 Å². The van der Waals surface area contributed by atoms with E-state index < -0.39 is 33.9 Å². The molecule has 11 heteroatoms. The fourth-order valence-electron chi connectivity index (χ4n) is 5.52. The molecule has 1 aromatic heterocycles. The van der Waals surface area contributed by atoms with Gasteiger partial charge >= 0.3 is 5.97 Å². The Balaban J connectivity index is 1.47. The highest BCUT2D eigenvalue weighted by atomic mass is 32.2. The number of nitrogens with two attached hydrogens (primary N) is 1. The molecule has 8 nitrogen and oxygen atoms in total. The SMILES string of the molecule is [C-]#[N+]c1ccc(/C(F)=C/c2ccc(F)c([C@@]3(C)N=C(N)S[C@@]4(C(=O)N5CCC[C@@H]5C(=O)OC)C[C@H]43)c2)nc1. The minimum Gasteiger partial charge on any atom is -0.467 e. The van der Waals surface area contributed by atoms with E-state index in [1.165, 1.54) is 49.7 Å². The summed E-state index contributed by atoms with van der Waals surface area (Å²) in [7, 11) is 1.30. The van der Waals surface area contributed by atoms with Crippen LogP contribution in [-0.4, -0.2) is 51.4 Å². The van der Waals surface area contributed by atoms with E-state index >= 15 is 4.39 Å². The van der Waals surface area contributed by atoms with Crippen LogP contribution in [-0.2, 0) is 19.9 Å². The number of amidine groups is 1. The van der Waals surface area contributed by atoms with E-state index in [0.29, 0.717) is 37.1 Å². The van der Waals surface area contributed by atoms with Crippen molar-refractivity contribution in [1.29, 1.82) is 0 Å². The van der Waals surface area contributed by atoms with E-state index in [-0.39, 0.29) is 28.3 Å². The molecule has 2 aliphatic heterocycles. The number of pyridine rings is 1. The van der Waals surface area contributed by atoms with Crippen molar-refractivity contribution in [2.45, 2.75) is 42.5 Å². The molecule has 2 N–H and O–H groups in total. The number of hydrogen-bond acceptors (Lipinski definition) is 7. The molecule has 0 unspecified atom stereocenters. The van der Waals surface area contributed by atoms with E-state index in [0.717, 1.165) is 11.8 Å². The van der Waals surface area contributed by atoms with Crippen molar-refractivity contribution in [2.75, 3.05) is 13.7 Å². The lowest BCUT2D eigenvalue weighted by molar-refractivity contribution is -0.151. The number of ether oxygens (including phenoxy) is 1. The molecule has 1 saturated carbocycles. The molecule has 0 spiro atoms. The van der Waals surface area contributed by atoms with E-state index in [9.17, 15) is 14.0 Å². The first-order valence-corrected chi connectivity index (χ1v) is 12.9. The summed E-state index contributed by atoms with van der Waals surface area (Å²) in [6, 6.07) is 6.40. The normalized spacial score (nSPS) is 28.2. The topological polar surface area (TPSA) is 102 Å². The van der Waals surface area contributed by atoms with Crippen LogP contribution in [0, 0.1) is 18.3 Å². The molecular formula is C27H25F2N5O3S. The number of nitrogens with zero attached hydrogens (tertiary/aromatic N) is 4. The summed E-state index contributed by atoms with van der Waals surface area (Å²) in [5.41, 5.74) is 5.94. The first kappa shape index (κ1) is 25.9. The number of likely N-dealkylation sites (tertiary alicyclic amines) is 1. The van der Waals surface area contributed by atoms with Crippen molar-refractivity contribution >= 4 is 46.4 Å². The second kappa shape index (κ2) is 9.51. The molecule has 4 atom stereocenters. The predicted molar refractivity (Wildman–Crippen MR) is 140 cm³/mol. The van der Waals surface area contributed by atoms with Gasteiger partial charge in [0.15, 0.2) is 5.17 Å². The van der Waals surface area contributed by atoms with Crippen LogP contribution in [0.15, 0.2) is 41.5 Å². The highest BCUT2D eigenvalue weighted by Crippen LogP contribution is 2.66. The van der Waals surface area contributed by atoms with Gasteiger partial charge in [0.25, 0.3) is 0 Å². The zero-order valence-electron chi connectivity index (χ0n) is 20.8. The second-order valence-electron chi connectivity index (χ2n) is 9.77. The third-order valence-electron chi connectivity index (χ3n) is 7.52. The van der Waals surface area contributed by atoms with Gasteiger partial charge in [-0.25, -0.2) is 18.4 Å². The molecule has 1 saturated heterocycles. The number of benzene rings is 1. The Morgan fingerprint density at radius 1 is 1.34 bits per heavy atom. The van der Waals surface area contributed by atoms with Crippen LogP contribution in [0.4, 0.5) is 14.5 Å². The van der Waals surface area contributed by atoms with Crippen molar-refractivity contribution in [1.82, 2.24) is 9.88 Å². The van der Waals surface area contributed by atoms with Crippen LogP contribution in [0.3, 0.4) is 0 Å². The first-order valence-electron chi connectivity index (χ1n) is 12.1. The number of amides is 1. The Kier molecular flexibility index (Phi) is 6.47.